The molecule has 0 bridgehead atoms. The van der Waals surface area contributed by atoms with Crippen molar-refractivity contribution in [1.29, 1.82) is 0 Å². The fraction of sp³-hybridized carbons (Fsp3) is 0.167. The minimum Gasteiger partial charge on any atom is -0.330 e. The second-order valence-electron chi connectivity index (χ2n) is 2.19. The molecule has 2 rings (SSSR count). The number of fused-ring (bicyclic) bond motifs is 1. The fourth-order valence-corrected chi connectivity index (χ4v) is 1.49. The summed E-state index contributed by atoms with van der Waals surface area (Å²) in [5.41, 5.74) is 1.64. The van der Waals surface area contributed by atoms with Gasteiger partial charge in [-0.1, -0.05) is 0 Å². The summed E-state index contributed by atoms with van der Waals surface area (Å²) in [5, 5.41) is 0. The molecule has 0 amide bonds. The Bertz CT molecular complexity index is 394. The number of hydrogen-bond acceptors (Lipinski definition) is 3. The van der Waals surface area contributed by atoms with Gasteiger partial charge in [0.05, 0.1) is 6.33 Å². The largest absolute Gasteiger partial charge is 0.330 e. The van der Waals surface area contributed by atoms with Crippen molar-refractivity contribution in [3.05, 3.63) is 17.3 Å². The van der Waals surface area contributed by atoms with Gasteiger partial charge in [0.25, 0.3) is 0 Å². The number of aromatic nitrogens is 4. The highest BCUT2D eigenvalue weighted by atomic mass is 79.9. The number of aryl methyl sites for hydroxylation is 1. The maximum Gasteiger partial charge on any atom is 0.181 e. The van der Waals surface area contributed by atoms with E-state index in [1.165, 1.54) is 6.33 Å². The minimum absolute atomic E-state index is 0.717. The zero-order chi connectivity index (χ0) is 7.84. The van der Waals surface area contributed by atoms with E-state index in [9.17, 15) is 0 Å². The molecule has 0 saturated heterocycles. The third-order valence-electron chi connectivity index (χ3n) is 1.46. The lowest BCUT2D eigenvalue weighted by atomic mass is 10.5. The molecule has 0 aliphatic heterocycles. The third kappa shape index (κ3) is 0.920. The van der Waals surface area contributed by atoms with Gasteiger partial charge in [0, 0.05) is 7.05 Å². The third-order valence-corrected chi connectivity index (χ3v) is 2.04. The highest BCUT2D eigenvalue weighted by Crippen LogP contribution is 2.16. The van der Waals surface area contributed by atoms with Gasteiger partial charge in [-0.25, -0.2) is 15.0 Å². The van der Waals surface area contributed by atoms with Gasteiger partial charge in [0.2, 0.25) is 0 Å². The normalized spacial score (nSPS) is 10.7. The Balaban J connectivity index is 2.96. The molecule has 0 N–H and O–H groups in total. The van der Waals surface area contributed by atoms with Crippen molar-refractivity contribution in [3.63, 3.8) is 0 Å². The molecule has 0 spiro atoms. The van der Waals surface area contributed by atoms with E-state index in [0.29, 0.717) is 0 Å². The molecule has 4 nitrogen and oxygen atoms in total. The molecule has 5 heteroatoms. The molecule has 2 heterocycles. The van der Waals surface area contributed by atoms with Crippen LogP contribution in [0.1, 0.15) is 0 Å². The summed E-state index contributed by atoms with van der Waals surface area (Å²) in [7, 11) is 1.91. The number of nitrogens with zero attached hydrogens (tertiary/aromatic N) is 4. The average Bonchev–Trinajstić information content (AvgIpc) is 2.34. The van der Waals surface area contributed by atoms with Crippen LogP contribution in [0.2, 0.25) is 0 Å². The van der Waals surface area contributed by atoms with Crippen LogP contribution in [0.3, 0.4) is 0 Å². The van der Waals surface area contributed by atoms with Gasteiger partial charge >= 0.3 is 0 Å². The predicted molar refractivity (Wildman–Crippen MR) is 44.0 cm³/mol. The molecule has 0 aromatic carbocycles. The van der Waals surface area contributed by atoms with Crippen molar-refractivity contribution in [2.75, 3.05) is 0 Å². The van der Waals surface area contributed by atoms with Gasteiger partial charge in [-0.15, -0.1) is 0 Å². The van der Waals surface area contributed by atoms with Crippen LogP contribution in [0, 0.1) is 0 Å². The average molecular weight is 212 g/mol. The van der Waals surface area contributed by atoms with E-state index in [2.05, 4.69) is 30.9 Å². The Morgan fingerprint density at radius 2 is 2.18 bits per heavy atom. The first kappa shape index (κ1) is 6.72. The van der Waals surface area contributed by atoms with Crippen LogP contribution in [0.5, 0.6) is 0 Å². The molecule has 2 aromatic rings. The maximum atomic E-state index is 4.06. The molecule has 0 aliphatic carbocycles. The summed E-state index contributed by atoms with van der Waals surface area (Å²) in [6.45, 7) is 0. The van der Waals surface area contributed by atoms with Gasteiger partial charge in [-0.05, 0) is 15.9 Å². The lowest BCUT2D eigenvalue weighted by Gasteiger charge is -1.93. The van der Waals surface area contributed by atoms with E-state index < -0.39 is 0 Å². The number of halogens is 1. The van der Waals surface area contributed by atoms with Gasteiger partial charge in [0.15, 0.2) is 5.65 Å². The van der Waals surface area contributed by atoms with Crippen LogP contribution < -0.4 is 0 Å². The molecule has 0 fully saturated rings. The van der Waals surface area contributed by atoms with E-state index in [4.69, 9.17) is 0 Å². The molecule has 56 valence electrons. The minimum atomic E-state index is 0.717. The van der Waals surface area contributed by atoms with Gasteiger partial charge in [-0.3, -0.25) is 0 Å². The van der Waals surface area contributed by atoms with Crippen molar-refractivity contribution in [2.24, 2.45) is 7.05 Å². The van der Waals surface area contributed by atoms with Crippen LogP contribution in [-0.4, -0.2) is 19.5 Å². The first-order chi connectivity index (χ1) is 5.29. The first-order valence-electron chi connectivity index (χ1n) is 3.06. The zero-order valence-electron chi connectivity index (χ0n) is 5.82. The molecule has 0 aliphatic rings. The second-order valence-corrected chi connectivity index (χ2v) is 2.94. The second kappa shape index (κ2) is 2.27. The van der Waals surface area contributed by atoms with Gasteiger partial charge in [0.1, 0.15) is 16.4 Å². The van der Waals surface area contributed by atoms with E-state index in [1.54, 1.807) is 6.33 Å². The quantitative estimate of drug-likeness (QED) is 0.614. The van der Waals surface area contributed by atoms with E-state index in [0.717, 1.165) is 15.8 Å². The Kier molecular flexibility index (Phi) is 1.38. The topological polar surface area (TPSA) is 43.6 Å². The Morgan fingerprint density at radius 3 is 2.91 bits per heavy atom. The summed E-state index contributed by atoms with van der Waals surface area (Å²) in [5.74, 6) is 0. The molecule has 0 radical (unpaired) electrons. The first-order valence-corrected chi connectivity index (χ1v) is 3.86. The van der Waals surface area contributed by atoms with Crippen LogP contribution in [-0.2, 0) is 7.05 Å². The van der Waals surface area contributed by atoms with Crippen molar-refractivity contribution >= 4 is 27.1 Å². The number of rotatable bonds is 0. The Labute approximate surface area is 71.4 Å². The molecule has 0 saturated carbocycles. The zero-order valence-corrected chi connectivity index (χ0v) is 7.41. The lowest BCUT2D eigenvalue weighted by molar-refractivity contribution is 0.941. The van der Waals surface area contributed by atoms with Crippen molar-refractivity contribution < 1.29 is 0 Å². The van der Waals surface area contributed by atoms with Crippen molar-refractivity contribution in [3.8, 4) is 0 Å². The molecule has 11 heavy (non-hydrogen) atoms. The predicted octanol–water partition coefficient (Wildman–Crippen LogP) is 1.13. The Hall–Kier alpha value is -0.970. The van der Waals surface area contributed by atoms with Crippen molar-refractivity contribution in [1.82, 2.24) is 19.5 Å². The van der Waals surface area contributed by atoms with Crippen molar-refractivity contribution in [2.45, 2.75) is 0 Å². The fourth-order valence-electron chi connectivity index (χ4n) is 0.946. The van der Waals surface area contributed by atoms with Gasteiger partial charge in [-0.2, -0.15) is 0 Å². The molecular weight excluding hydrogens is 207 g/mol. The number of imidazole rings is 1. The highest BCUT2D eigenvalue weighted by Gasteiger charge is 2.04. The smallest absolute Gasteiger partial charge is 0.181 e. The van der Waals surface area contributed by atoms with Crippen LogP contribution >= 0.6 is 15.9 Å². The van der Waals surface area contributed by atoms with Crippen LogP contribution in [0.25, 0.3) is 11.2 Å². The maximum absolute atomic E-state index is 4.06. The van der Waals surface area contributed by atoms with Crippen LogP contribution in [0.15, 0.2) is 17.3 Å². The molecule has 0 unspecified atom stereocenters. The summed E-state index contributed by atoms with van der Waals surface area (Å²) in [4.78, 5) is 12.0. The number of hydrogen-bond donors (Lipinski definition) is 0. The van der Waals surface area contributed by atoms with Crippen LogP contribution in [0.4, 0.5) is 0 Å². The van der Waals surface area contributed by atoms with Gasteiger partial charge < -0.3 is 4.57 Å². The molecule has 2 aromatic heterocycles. The summed E-state index contributed by atoms with van der Waals surface area (Å²) in [6, 6.07) is 0. The van der Waals surface area contributed by atoms with E-state index in [-0.39, 0.29) is 0 Å². The molecular formula is C6H5BrN4. The highest BCUT2D eigenvalue weighted by molar-refractivity contribution is 9.10. The van der Waals surface area contributed by atoms with E-state index in [1.807, 2.05) is 11.6 Å². The Morgan fingerprint density at radius 1 is 1.36 bits per heavy atom. The summed E-state index contributed by atoms with van der Waals surface area (Å²) >= 11 is 3.31. The SMILES string of the molecule is [11CH3]n1cnc2ncnc(Br)c21. The monoisotopic (exact) mass is 211 g/mol. The van der Waals surface area contributed by atoms with E-state index >= 15 is 0 Å². The molecule has 0 atom stereocenters. The summed E-state index contributed by atoms with van der Waals surface area (Å²) < 4.78 is 2.65. The summed E-state index contributed by atoms with van der Waals surface area (Å²) in [6.07, 6.45) is 3.20. The standard InChI is InChI=1S/C6H5BrN4/c1-11-3-10-6-4(11)5(7)8-2-9-6/h2-3H,1H3/i1-1. The lowest BCUT2D eigenvalue weighted by Crippen LogP contribution is -1.88.